The van der Waals surface area contributed by atoms with Crippen molar-refractivity contribution in [3.63, 3.8) is 0 Å². The molecule has 2 rings (SSSR count). The van der Waals surface area contributed by atoms with Crippen LogP contribution in [-0.4, -0.2) is 22.1 Å². The van der Waals surface area contributed by atoms with Gasteiger partial charge in [0.05, 0.1) is 11.6 Å². The molecule has 110 valence electrons. The van der Waals surface area contributed by atoms with Crippen LogP contribution in [0.3, 0.4) is 0 Å². The average molecular weight is 288 g/mol. The van der Waals surface area contributed by atoms with Gasteiger partial charge in [-0.05, 0) is 38.5 Å². The highest BCUT2D eigenvalue weighted by Crippen LogP contribution is 2.20. The molecule has 0 saturated heterocycles. The zero-order valence-corrected chi connectivity index (χ0v) is 12.0. The Morgan fingerprint density at radius 1 is 1.24 bits per heavy atom. The summed E-state index contributed by atoms with van der Waals surface area (Å²) in [4.78, 5) is 23.0. The van der Waals surface area contributed by atoms with Gasteiger partial charge in [0.15, 0.2) is 0 Å². The molecule has 0 aliphatic carbocycles. The summed E-state index contributed by atoms with van der Waals surface area (Å²) in [6.07, 6.45) is 0. The number of rotatable bonds is 4. The summed E-state index contributed by atoms with van der Waals surface area (Å²) in [6.45, 7) is 4.98. The molecule has 1 heterocycles. The van der Waals surface area contributed by atoms with E-state index >= 15 is 0 Å². The third kappa shape index (κ3) is 3.10. The molecule has 1 aromatic heterocycles. The van der Waals surface area contributed by atoms with Crippen molar-refractivity contribution in [1.29, 1.82) is 0 Å². The first-order valence-corrected chi connectivity index (χ1v) is 6.47. The van der Waals surface area contributed by atoms with Crippen LogP contribution in [-0.2, 0) is 4.79 Å². The molecule has 1 atom stereocenters. The van der Waals surface area contributed by atoms with Gasteiger partial charge in [-0.15, -0.1) is 0 Å². The van der Waals surface area contributed by atoms with Crippen molar-refractivity contribution in [2.24, 2.45) is 0 Å². The quantitative estimate of drug-likeness (QED) is 0.902. The molecule has 6 heteroatoms. The van der Waals surface area contributed by atoms with E-state index in [1.54, 1.807) is 45.0 Å². The predicted octanol–water partition coefficient (Wildman–Crippen LogP) is 2.73. The Kier molecular flexibility index (Phi) is 4.07. The maximum Gasteiger partial charge on any atom is 0.310 e. The van der Waals surface area contributed by atoms with E-state index < -0.39 is 11.9 Å². The summed E-state index contributed by atoms with van der Waals surface area (Å²) in [5, 5.41) is 15.4. The Labute approximate surface area is 121 Å². The van der Waals surface area contributed by atoms with Crippen LogP contribution >= 0.6 is 0 Å². The van der Waals surface area contributed by atoms with Crippen molar-refractivity contribution >= 4 is 17.6 Å². The molecular weight excluding hydrogens is 272 g/mol. The van der Waals surface area contributed by atoms with Crippen LogP contribution in [0.5, 0.6) is 0 Å². The van der Waals surface area contributed by atoms with Gasteiger partial charge < -0.3 is 14.9 Å². The number of carboxylic acid groups (broad SMARTS) is 1. The van der Waals surface area contributed by atoms with Gasteiger partial charge in [0.1, 0.15) is 11.3 Å². The first-order chi connectivity index (χ1) is 9.90. The lowest BCUT2D eigenvalue weighted by Crippen LogP contribution is -2.14. The molecule has 0 saturated carbocycles. The molecule has 1 amide bonds. The molecule has 2 N–H and O–H groups in total. The second-order valence-corrected chi connectivity index (χ2v) is 4.84. The summed E-state index contributed by atoms with van der Waals surface area (Å²) in [7, 11) is 0. The number of anilines is 1. The van der Waals surface area contributed by atoms with E-state index in [1.165, 1.54) is 0 Å². The Morgan fingerprint density at radius 2 is 1.86 bits per heavy atom. The number of nitrogens with one attached hydrogen (secondary N) is 1. The zero-order valence-electron chi connectivity index (χ0n) is 12.0. The van der Waals surface area contributed by atoms with Gasteiger partial charge in [-0.2, -0.15) is 0 Å². The van der Waals surface area contributed by atoms with E-state index in [1.807, 2.05) is 0 Å². The fraction of sp³-hybridized carbons (Fsp3) is 0.267. The number of nitrogens with zero attached hydrogens (tertiary/aromatic N) is 1. The van der Waals surface area contributed by atoms with Crippen LogP contribution in [0.15, 0.2) is 28.8 Å². The Morgan fingerprint density at radius 3 is 2.33 bits per heavy atom. The van der Waals surface area contributed by atoms with Crippen LogP contribution in [0.2, 0.25) is 0 Å². The lowest BCUT2D eigenvalue weighted by Gasteiger charge is -2.09. The zero-order chi connectivity index (χ0) is 15.6. The van der Waals surface area contributed by atoms with Gasteiger partial charge >= 0.3 is 5.97 Å². The van der Waals surface area contributed by atoms with E-state index in [2.05, 4.69) is 10.5 Å². The lowest BCUT2D eigenvalue weighted by molar-refractivity contribution is -0.138. The molecule has 0 bridgehead atoms. The fourth-order valence-corrected chi connectivity index (χ4v) is 2.00. The maximum absolute atomic E-state index is 12.1. The van der Waals surface area contributed by atoms with E-state index in [-0.39, 0.29) is 5.91 Å². The molecule has 0 aliphatic heterocycles. The Hall–Kier alpha value is -2.63. The number of carbonyl (C=O) groups is 2. The van der Waals surface area contributed by atoms with Crippen LogP contribution in [0.25, 0.3) is 0 Å². The third-order valence-corrected chi connectivity index (χ3v) is 3.30. The van der Waals surface area contributed by atoms with Crippen molar-refractivity contribution in [2.75, 3.05) is 5.32 Å². The summed E-state index contributed by atoms with van der Waals surface area (Å²) in [6, 6.07) is 6.71. The highest BCUT2D eigenvalue weighted by atomic mass is 16.5. The number of aliphatic carboxylic acids is 1. The Balaban J connectivity index is 2.14. The predicted molar refractivity (Wildman–Crippen MR) is 76.4 cm³/mol. The van der Waals surface area contributed by atoms with Crippen molar-refractivity contribution in [2.45, 2.75) is 26.7 Å². The molecule has 0 fully saturated rings. The highest BCUT2D eigenvalue weighted by molar-refractivity contribution is 6.05. The summed E-state index contributed by atoms with van der Waals surface area (Å²) in [5.74, 6) is -1.31. The van der Waals surface area contributed by atoms with Gasteiger partial charge in [0.25, 0.3) is 5.91 Å². The number of amides is 1. The minimum absolute atomic E-state index is 0.301. The number of hydrogen-bond donors (Lipinski definition) is 2. The fourth-order valence-electron chi connectivity index (χ4n) is 2.00. The molecule has 2 aromatic rings. The maximum atomic E-state index is 12.1. The first-order valence-electron chi connectivity index (χ1n) is 6.47. The smallest absolute Gasteiger partial charge is 0.310 e. The van der Waals surface area contributed by atoms with Crippen molar-refractivity contribution < 1.29 is 19.2 Å². The average Bonchev–Trinajstić information content (AvgIpc) is 2.78. The minimum atomic E-state index is -0.887. The van der Waals surface area contributed by atoms with E-state index in [0.29, 0.717) is 28.3 Å². The molecule has 0 aliphatic rings. The van der Waals surface area contributed by atoms with Gasteiger partial charge in [-0.1, -0.05) is 17.3 Å². The van der Waals surface area contributed by atoms with E-state index in [0.717, 1.165) is 0 Å². The normalized spacial score (nSPS) is 12.0. The van der Waals surface area contributed by atoms with Crippen LogP contribution in [0.1, 0.15) is 40.2 Å². The number of benzene rings is 1. The number of carbonyl (C=O) groups excluding carboxylic acids is 1. The number of carboxylic acids is 1. The van der Waals surface area contributed by atoms with Crippen molar-refractivity contribution in [1.82, 2.24) is 5.16 Å². The van der Waals surface area contributed by atoms with Crippen LogP contribution in [0, 0.1) is 13.8 Å². The molecule has 21 heavy (non-hydrogen) atoms. The van der Waals surface area contributed by atoms with Gasteiger partial charge in [0.2, 0.25) is 0 Å². The molecule has 6 nitrogen and oxygen atoms in total. The first kappa shape index (κ1) is 14.8. The summed E-state index contributed by atoms with van der Waals surface area (Å²) in [5.41, 5.74) is 2.21. The minimum Gasteiger partial charge on any atom is -0.481 e. The second-order valence-electron chi connectivity index (χ2n) is 4.84. The summed E-state index contributed by atoms with van der Waals surface area (Å²) >= 11 is 0. The molecule has 1 unspecified atom stereocenters. The summed E-state index contributed by atoms with van der Waals surface area (Å²) < 4.78 is 4.95. The monoisotopic (exact) mass is 288 g/mol. The molecule has 0 spiro atoms. The van der Waals surface area contributed by atoms with Crippen molar-refractivity contribution in [3.8, 4) is 0 Å². The SMILES string of the molecule is Cc1noc(C)c1C(=O)Nc1ccc(C(C)C(=O)O)cc1. The van der Waals surface area contributed by atoms with Crippen LogP contribution < -0.4 is 5.32 Å². The topological polar surface area (TPSA) is 92.4 Å². The van der Waals surface area contributed by atoms with Crippen LogP contribution in [0.4, 0.5) is 5.69 Å². The van der Waals surface area contributed by atoms with Crippen molar-refractivity contribution in [3.05, 3.63) is 46.8 Å². The third-order valence-electron chi connectivity index (χ3n) is 3.30. The van der Waals surface area contributed by atoms with E-state index in [9.17, 15) is 9.59 Å². The molecule has 0 radical (unpaired) electrons. The highest BCUT2D eigenvalue weighted by Gasteiger charge is 2.18. The van der Waals surface area contributed by atoms with Gasteiger partial charge in [-0.25, -0.2) is 0 Å². The molecule has 1 aromatic carbocycles. The number of hydrogen-bond acceptors (Lipinski definition) is 4. The lowest BCUT2D eigenvalue weighted by atomic mass is 10.0. The standard InChI is InChI=1S/C15H16N2O4/c1-8(15(19)20)11-4-6-12(7-5-11)16-14(18)13-9(2)17-21-10(13)3/h4-8H,1-3H3,(H,16,18)(H,19,20). The second kappa shape index (κ2) is 5.78. The van der Waals surface area contributed by atoms with Gasteiger partial charge in [0, 0.05) is 5.69 Å². The number of aromatic nitrogens is 1. The Bertz CT molecular complexity index is 654. The molecular formula is C15H16N2O4. The van der Waals surface area contributed by atoms with E-state index in [4.69, 9.17) is 9.63 Å². The number of aryl methyl sites for hydroxylation is 2. The largest absolute Gasteiger partial charge is 0.481 e. The van der Waals surface area contributed by atoms with Gasteiger partial charge in [-0.3, -0.25) is 9.59 Å².